The zero-order valence-electron chi connectivity index (χ0n) is 11.2. The summed E-state index contributed by atoms with van der Waals surface area (Å²) in [6.07, 6.45) is 0.278. The maximum Gasteiger partial charge on any atom is 0.226 e. The molecule has 1 unspecified atom stereocenters. The number of thiophene rings is 1. The van der Waals surface area contributed by atoms with Gasteiger partial charge < -0.3 is 11.1 Å². The Kier molecular flexibility index (Phi) is 4.21. The van der Waals surface area contributed by atoms with E-state index in [1.54, 1.807) is 11.3 Å². The van der Waals surface area contributed by atoms with Gasteiger partial charge in [0.15, 0.2) is 5.13 Å². The second-order valence-corrected chi connectivity index (χ2v) is 6.86. The van der Waals surface area contributed by atoms with Gasteiger partial charge in [0.2, 0.25) is 5.91 Å². The van der Waals surface area contributed by atoms with Crippen LogP contribution in [0.3, 0.4) is 0 Å². The number of hydrogen-bond acceptors (Lipinski definition) is 5. The predicted molar refractivity (Wildman–Crippen MR) is 80.6 cm³/mol. The number of nitrogens with two attached hydrogens (primary N) is 1. The third-order valence-electron chi connectivity index (χ3n) is 2.83. The zero-order chi connectivity index (χ0) is 14.0. The molecule has 0 radical (unpaired) electrons. The molecule has 4 nitrogen and oxygen atoms in total. The topological polar surface area (TPSA) is 68.0 Å². The van der Waals surface area contributed by atoms with Crippen LogP contribution < -0.4 is 11.1 Å². The Labute approximate surface area is 120 Å². The third kappa shape index (κ3) is 3.54. The molecule has 3 N–H and O–H groups in total. The van der Waals surface area contributed by atoms with E-state index < -0.39 is 0 Å². The van der Waals surface area contributed by atoms with Gasteiger partial charge in [-0.25, -0.2) is 4.98 Å². The Bertz CT molecular complexity index is 588. The molecule has 2 aromatic rings. The Morgan fingerprint density at radius 1 is 1.53 bits per heavy atom. The maximum absolute atomic E-state index is 11.9. The van der Waals surface area contributed by atoms with E-state index in [9.17, 15) is 4.79 Å². The molecule has 0 fully saturated rings. The van der Waals surface area contributed by atoms with E-state index in [4.69, 9.17) is 5.73 Å². The van der Waals surface area contributed by atoms with Crippen LogP contribution in [-0.4, -0.2) is 10.9 Å². The van der Waals surface area contributed by atoms with Gasteiger partial charge in [-0.1, -0.05) is 0 Å². The summed E-state index contributed by atoms with van der Waals surface area (Å²) < 4.78 is 0. The molecule has 102 valence electrons. The van der Waals surface area contributed by atoms with Gasteiger partial charge in [0.25, 0.3) is 0 Å². The standard InChI is InChI=1S/C13H17N3OS2/c1-7-4-11(9(3)19-7)8(2)15-12(17)5-10-6-18-13(14)16-10/h4,6,8H,5H2,1-3H3,(H2,14,16)(H,15,17). The molecule has 2 aromatic heterocycles. The highest BCUT2D eigenvalue weighted by Crippen LogP contribution is 2.26. The van der Waals surface area contributed by atoms with E-state index in [-0.39, 0.29) is 18.4 Å². The first kappa shape index (κ1) is 14.0. The molecule has 0 aliphatic carbocycles. The number of nitrogens with one attached hydrogen (secondary N) is 1. The molecule has 1 amide bonds. The van der Waals surface area contributed by atoms with Gasteiger partial charge in [-0.2, -0.15) is 0 Å². The summed E-state index contributed by atoms with van der Waals surface area (Å²) in [6, 6.07) is 2.15. The van der Waals surface area contributed by atoms with Crippen molar-refractivity contribution < 1.29 is 4.79 Å². The molecule has 0 aromatic carbocycles. The molecule has 2 rings (SSSR count). The highest BCUT2D eigenvalue weighted by atomic mass is 32.1. The van der Waals surface area contributed by atoms with Crippen molar-refractivity contribution in [3.8, 4) is 0 Å². The largest absolute Gasteiger partial charge is 0.375 e. The highest BCUT2D eigenvalue weighted by molar-refractivity contribution is 7.13. The van der Waals surface area contributed by atoms with Crippen LogP contribution in [0.15, 0.2) is 11.4 Å². The van der Waals surface area contributed by atoms with Crippen molar-refractivity contribution >= 4 is 33.7 Å². The van der Waals surface area contributed by atoms with Crippen LogP contribution in [0.4, 0.5) is 5.13 Å². The van der Waals surface area contributed by atoms with Gasteiger partial charge in [-0.15, -0.1) is 22.7 Å². The minimum atomic E-state index is -0.0268. The fourth-order valence-corrected chi connectivity index (χ4v) is 3.60. The minimum Gasteiger partial charge on any atom is -0.375 e. The van der Waals surface area contributed by atoms with Crippen molar-refractivity contribution in [3.63, 3.8) is 0 Å². The second kappa shape index (κ2) is 5.71. The van der Waals surface area contributed by atoms with Gasteiger partial charge in [0.05, 0.1) is 18.2 Å². The molecule has 0 saturated carbocycles. The smallest absolute Gasteiger partial charge is 0.226 e. The molecule has 0 bridgehead atoms. The monoisotopic (exact) mass is 295 g/mol. The number of anilines is 1. The van der Waals surface area contributed by atoms with Crippen molar-refractivity contribution in [1.82, 2.24) is 10.3 Å². The minimum absolute atomic E-state index is 0.0217. The molecule has 2 heterocycles. The van der Waals surface area contributed by atoms with Crippen LogP contribution in [0.5, 0.6) is 0 Å². The van der Waals surface area contributed by atoms with E-state index in [2.05, 4.69) is 30.2 Å². The first-order valence-corrected chi connectivity index (χ1v) is 7.71. The van der Waals surface area contributed by atoms with Crippen LogP contribution in [0.25, 0.3) is 0 Å². The van der Waals surface area contributed by atoms with E-state index in [1.165, 1.54) is 26.7 Å². The predicted octanol–water partition coefficient (Wildman–Crippen LogP) is 2.82. The van der Waals surface area contributed by atoms with Crippen molar-refractivity contribution in [3.05, 3.63) is 32.5 Å². The summed E-state index contributed by atoms with van der Waals surface area (Å²) in [7, 11) is 0. The fraction of sp³-hybridized carbons (Fsp3) is 0.385. The number of nitrogens with zero attached hydrogens (tertiary/aromatic N) is 1. The van der Waals surface area contributed by atoms with E-state index >= 15 is 0 Å². The number of aromatic nitrogens is 1. The zero-order valence-corrected chi connectivity index (χ0v) is 12.8. The number of aryl methyl sites for hydroxylation is 2. The maximum atomic E-state index is 11.9. The second-order valence-electron chi connectivity index (χ2n) is 4.51. The summed E-state index contributed by atoms with van der Waals surface area (Å²) in [5.41, 5.74) is 7.46. The van der Waals surface area contributed by atoms with E-state index in [0.717, 1.165) is 5.69 Å². The number of amides is 1. The summed E-state index contributed by atoms with van der Waals surface area (Å²) in [5, 5.41) is 5.32. The Balaban J connectivity index is 1.97. The normalized spacial score (nSPS) is 12.4. The van der Waals surface area contributed by atoms with Gasteiger partial charge in [0.1, 0.15) is 0 Å². The van der Waals surface area contributed by atoms with Crippen LogP contribution >= 0.6 is 22.7 Å². The van der Waals surface area contributed by atoms with Gasteiger partial charge >= 0.3 is 0 Å². The molecular formula is C13H17N3OS2. The Morgan fingerprint density at radius 2 is 2.26 bits per heavy atom. The van der Waals surface area contributed by atoms with Crippen LogP contribution in [0, 0.1) is 13.8 Å². The van der Waals surface area contributed by atoms with Crippen LogP contribution in [0.1, 0.15) is 34.0 Å². The number of carbonyl (C=O) groups is 1. The first-order valence-electron chi connectivity index (χ1n) is 6.02. The van der Waals surface area contributed by atoms with Crippen molar-refractivity contribution in [2.45, 2.75) is 33.2 Å². The lowest BCUT2D eigenvalue weighted by atomic mass is 10.1. The van der Waals surface area contributed by atoms with Crippen molar-refractivity contribution in [2.24, 2.45) is 0 Å². The average Bonchev–Trinajstić information content (AvgIpc) is 2.84. The number of rotatable bonds is 4. The molecule has 0 aliphatic heterocycles. The number of thiazole rings is 1. The Morgan fingerprint density at radius 3 is 2.79 bits per heavy atom. The summed E-state index contributed by atoms with van der Waals surface area (Å²) >= 11 is 3.11. The summed E-state index contributed by atoms with van der Waals surface area (Å²) in [4.78, 5) is 18.5. The average molecular weight is 295 g/mol. The number of hydrogen-bond donors (Lipinski definition) is 2. The summed E-state index contributed by atoms with van der Waals surface area (Å²) in [5.74, 6) is -0.0268. The van der Waals surface area contributed by atoms with Gasteiger partial charge in [-0.3, -0.25) is 4.79 Å². The first-order chi connectivity index (χ1) is 8.95. The van der Waals surface area contributed by atoms with Gasteiger partial charge in [0, 0.05) is 15.1 Å². The number of carbonyl (C=O) groups excluding carboxylic acids is 1. The lowest BCUT2D eigenvalue weighted by molar-refractivity contribution is -0.121. The van der Waals surface area contributed by atoms with Crippen LogP contribution in [-0.2, 0) is 11.2 Å². The molecule has 0 spiro atoms. The quantitative estimate of drug-likeness (QED) is 0.911. The lowest BCUT2D eigenvalue weighted by Crippen LogP contribution is -2.28. The molecule has 19 heavy (non-hydrogen) atoms. The van der Waals surface area contributed by atoms with E-state index in [1.807, 2.05) is 12.3 Å². The lowest BCUT2D eigenvalue weighted by Gasteiger charge is -2.13. The van der Waals surface area contributed by atoms with Gasteiger partial charge in [-0.05, 0) is 32.4 Å². The van der Waals surface area contributed by atoms with Crippen LogP contribution in [0.2, 0.25) is 0 Å². The third-order valence-corrected chi connectivity index (χ3v) is 4.54. The molecule has 6 heteroatoms. The SMILES string of the molecule is Cc1cc(C(C)NC(=O)Cc2csc(N)n2)c(C)s1. The molecule has 1 atom stereocenters. The molecular weight excluding hydrogens is 278 g/mol. The van der Waals surface area contributed by atoms with E-state index in [0.29, 0.717) is 5.13 Å². The van der Waals surface area contributed by atoms with Crippen molar-refractivity contribution in [2.75, 3.05) is 5.73 Å². The Hall–Kier alpha value is -1.40. The molecule has 0 saturated heterocycles. The fourth-order valence-electron chi connectivity index (χ4n) is 2.02. The summed E-state index contributed by atoms with van der Waals surface area (Å²) in [6.45, 7) is 6.16. The number of nitrogen functional groups attached to an aromatic ring is 1. The highest BCUT2D eigenvalue weighted by Gasteiger charge is 2.14. The molecule has 0 aliphatic rings. The van der Waals surface area contributed by atoms with Crippen molar-refractivity contribution in [1.29, 1.82) is 0 Å².